The summed E-state index contributed by atoms with van der Waals surface area (Å²) >= 11 is 0. The molecule has 8 nitrogen and oxygen atoms in total. The van der Waals surface area contributed by atoms with Gasteiger partial charge in [0.25, 0.3) is 5.91 Å². The maximum Gasteiger partial charge on any atom is 0.271 e. The molecule has 27 heavy (non-hydrogen) atoms. The van der Waals surface area contributed by atoms with E-state index in [1.807, 2.05) is 0 Å². The highest BCUT2D eigenvalue weighted by atomic mass is 16.3. The molecule has 1 aliphatic carbocycles. The molecule has 0 saturated heterocycles. The van der Waals surface area contributed by atoms with Crippen molar-refractivity contribution >= 4 is 23.2 Å². The molecular weight excluding hydrogens is 350 g/mol. The van der Waals surface area contributed by atoms with Gasteiger partial charge in [0.1, 0.15) is 0 Å². The van der Waals surface area contributed by atoms with Crippen LogP contribution in [0.3, 0.4) is 0 Å². The van der Waals surface area contributed by atoms with Crippen molar-refractivity contribution in [3.63, 3.8) is 0 Å². The van der Waals surface area contributed by atoms with Crippen molar-refractivity contribution in [3.8, 4) is 17.2 Å². The van der Waals surface area contributed by atoms with Gasteiger partial charge in [-0.25, -0.2) is 5.43 Å². The fraction of sp³-hybridized carbons (Fsp3) is 0.211. The molecule has 0 heterocycles. The fourth-order valence-corrected chi connectivity index (χ4v) is 2.38. The van der Waals surface area contributed by atoms with E-state index in [1.54, 1.807) is 31.2 Å². The Kier molecular flexibility index (Phi) is 4.98. The number of nitrogens with zero attached hydrogens (tertiary/aromatic N) is 1. The molecule has 0 aromatic heterocycles. The van der Waals surface area contributed by atoms with E-state index in [-0.39, 0.29) is 17.4 Å². The number of phenols is 3. The molecule has 3 rings (SSSR count). The van der Waals surface area contributed by atoms with Crippen LogP contribution in [0.2, 0.25) is 0 Å². The Hall–Kier alpha value is -3.55. The van der Waals surface area contributed by atoms with Crippen LogP contribution in [0, 0.1) is 5.92 Å². The molecule has 140 valence electrons. The van der Waals surface area contributed by atoms with Crippen LogP contribution >= 0.6 is 0 Å². The monoisotopic (exact) mass is 369 g/mol. The van der Waals surface area contributed by atoms with E-state index >= 15 is 0 Å². The molecular formula is C19H19N3O5. The van der Waals surface area contributed by atoms with E-state index in [0.29, 0.717) is 11.4 Å². The van der Waals surface area contributed by atoms with Crippen LogP contribution in [-0.2, 0) is 4.79 Å². The summed E-state index contributed by atoms with van der Waals surface area (Å²) in [5.74, 6) is -2.41. The molecule has 0 spiro atoms. The maximum absolute atomic E-state index is 12.1. The predicted octanol–water partition coefficient (Wildman–Crippen LogP) is 2.31. The van der Waals surface area contributed by atoms with Crippen LogP contribution in [0.5, 0.6) is 17.2 Å². The average molecular weight is 369 g/mol. The lowest BCUT2D eigenvalue weighted by molar-refractivity contribution is -0.117. The molecule has 0 atom stereocenters. The molecule has 2 aromatic rings. The normalized spacial score (nSPS) is 13.9. The Bertz CT molecular complexity index is 894. The third-order valence-electron chi connectivity index (χ3n) is 4.18. The van der Waals surface area contributed by atoms with Crippen molar-refractivity contribution in [3.05, 3.63) is 47.5 Å². The van der Waals surface area contributed by atoms with E-state index in [9.17, 15) is 24.9 Å². The van der Waals surface area contributed by atoms with E-state index in [2.05, 4.69) is 15.8 Å². The van der Waals surface area contributed by atoms with Gasteiger partial charge < -0.3 is 20.6 Å². The first kappa shape index (κ1) is 18.2. The molecule has 2 amide bonds. The number of hydrazone groups is 1. The third-order valence-corrected chi connectivity index (χ3v) is 4.18. The molecule has 1 fully saturated rings. The smallest absolute Gasteiger partial charge is 0.271 e. The summed E-state index contributed by atoms with van der Waals surface area (Å²) in [6, 6.07) is 9.09. The van der Waals surface area contributed by atoms with E-state index in [0.717, 1.165) is 30.5 Å². The predicted molar refractivity (Wildman–Crippen MR) is 98.9 cm³/mol. The maximum atomic E-state index is 12.1. The number of phenolic OH excluding ortho intramolecular Hbond substituents is 3. The highest BCUT2D eigenvalue weighted by Crippen LogP contribution is 2.35. The van der Waals surface area contributed by atoms with Crippen molar-refractivity contribution in [1.29, 1.82) is 0 Å². The van der Waals surface area contributed by atoms with Crippen LogP contribution < -0.4 is 10.7 Å². The van der Waals surface area contributed by atoms with Crippen molar-refractivity contribution < 1.29 is 24.9 Å². The lowest BCUT2D eigenvalue weighted by Gasteiger charge is -2.07. The standard InChI is InChI=1S/C19H19N3O5/c1-10(11-4-6-14(7-5-11)20-18(26)12-2-3-12)21-22-19(27)13-8-15(23)17(25)16(24)9-13/h4-9,12,23-25H,2-3H2,1H3,(H,20,26)(H,22,27). The minimum atomic E-state index is -0.694. The van der Waals surface area contributed by atoms with E-state index in [1.165, 1.54) is 0 Å². The largest absolute Gasteiger partial charge is 0.504 e. The van der Waals surface area contributed by atoms with Gasteiger partial charge in [0.2, 0.25) is 5.91 Å². The first-order valence-corrected chi connectivity index (χ1v) is 8.36. The number of amides is 2. The summed E-state index contributed by atoms with van der Waals surface area (Å²) in [7, 11) is 0. The number of hydrogen-bond donors (Lipinski definition) is 5. The zero-order valence-electron chi connectivity index (χ0n) is 14.6. The minimum absolute atomic E-state index is 0.0285. The summed E-state index contributed by atoms with van der Waals surface area (Å²) in [6.07, 6.45) is 1.87. The topological polar surface area (TPSA) is 131 Å². The quantitative estimate of drug-likeness (QED) is 0.313. The summed E-state index contributed by atoms with van der Waals surface area (Å²) in [5, 5.41) is 35.0. The molecule has 5 N–H and O–H groups in total. The second-order valence-electron chi connectivity index (χ2n) is 6.34. The van der Waals surface area contributed by atoms with Gasteiger partial charge in [-0.2, -0.15) is 5.10 Å². The fourth-order valence-electron chi connectivity index (χ4n) is 2.38. The van der Waals surface area contributed by atoms with Gasteiger partial charge in [0.05, 0.1) is 5.71 Å². The number of benzene rings is 2. The zero-order valence-corrected chi connectivity index (χ0v) is 14.6. The Labute approximate surface area is 155 Å². The molecule has 2 aromatic carbocycles. The first-order chi connectivity index (χ1) is 12.8. The summed E-state index contributed by atoms with van der Waals surface area (Å²) in [4.78, 5) is 23.8. The molecule has 0 unspecified atom stereocenters. The Morgan fingerprint density at radius 2 is 1.59 bits per heavy atom. The SMILES string of the molecule is CC(=NNC(=O)c1cc(O)c(O)c(O)c1)c1ccc(NC(=O)C2CC2)cc1. The van der Waals surface area contributed by atoms with Gasteiger partial charge in [-0.05, 0) is 49.6 Å². The number of aromatic hydroxyl groups is 3. The summed E-state index contributed by atoms with van der Waals surface area (Å²) in [5.41, 5.74) is 4.23. The molecule has 1 aliphatic rings. The molecule has 0 bridgehead atoms. The van der Waals surface area contributed by atoms with Crippen LogP contribution in [0.15, 0.2) is 41.5 Å². The number of carbonyl (C=O) groups excluding carboxylic acids is 2. The van der Waals surface area contributed by atoms with Gasteiger partial charge in [0.15, 0.2) is 17.2 Å². The van der Waals surface area contributed by atoms with Gasteiger partial charge in [-0.15, -0.1) is 0 Å². The number of carbonyl (C=O) groups is 2. The highest BCUT2D eigenvalue weighted by Gasteiger charge is 2.29. The second kappa shape index (κ2) is 7.36. The average Bonchev–Trinajstić information content (AvgIpc) is 3.49. The van der Waals surface area contributed by atoms with Crippen molar-refractivity contribution in [2.24, 2.45) is 11.0 Å². The second-order valence-corrected chi connectivity index (χ2v) is 6.34. The lowest BCUT2D eigenvalue weighted by atomic mass is 10.1. The number of rotatable bonds is 5. The number of hydrogen-bond acceptors (Lipinski definition) is 6. The van der Waals surface area contributed by atoms with E-state index in [4.69, 9.17) is 0 Å². The van der Waals surface area contributed by atoms with Crippen LogP contribution in [-0.4, -0.2) is 32.8 Å². The van der Waals surface area contributed by atoms with E-state index < -0.39 is 23.2 Å². The first-order valence-electron chi connectivity index (χ1n) is 8.36. The van der Waals surface area contributed by atoms with Crippen LogP contribution in [0.1, 0.15) is 35.7 Å². The summed E-state index contributed by atoms with van der Waals surface area (Å²) in [6.45, 7) is 1.70. The number of anilines is 1. The van der Waals surface area contributed by atoms with Crippen molar-refractivity contribution in [2.45, 2.75) is 19.8 Å². The highest BCUT2D eigenvalue weighted by molar-refractivity contribution is 6.01. The Morgan fingerprint density at radius 3 is 2.15 bits per heavy atom. The minimum Gasteiger partial charge on any atom is -0.504 e. The van der Waals surface area contributed by atoms with Crippen LogP contribution in [0.4, 0.5) is 5.69 Å². The number of nitrogens with one attached hydrogen (secondary N) is 2. The van der Waals surface area contributed by atoms with Gasteiger partial charge in [0, 0.05) is 17.2 Å². The molecule has 8 heteroatoms. The molecule has 0 radical (unpaired) electrons. The van der Waals surface area contributed by atoms with Gasteiger partial charge >= 0.3 is 0 Å². The Balaban J connectivity index is 1.64. The third kappa shape index (κ3) is 4.35. The van der Waals surface area contributed by atoms with Crippen molar-refractivity contribution in [2.75, 3.05) is 5.32 Å². The van der Waals surface area contributed by atoms with Gasteiger partial charge in [-0.3, -0.25) is 9.59 Å². The zero-order chi connectivity index (χ0) is 19.6. The van der Waals surface area contributed by atoms with Gasteiger partial charge in [-0.1, -0.05) is 12.1 Å². The summed E-state index contributed by atoms with van der Waals surface area (Å²) < 4.78 is 0. The van der Waals surface area contributed by atoms with Crippen LogP contribution in [0.25, 0.3) is 0 Å². The van der Waals surface area contributed by atoms with Crippen molar-refractivity contribution in [1.82, 2.24) is 5.43 Å². The molecule has 1 saturated carbocycles. The molecule has 0 aliphatic heterocycles. The Morgan fingerprint density at radius 1 is 1.00 bits per heavy atom. The lowest BCUT2D eigenvalue weighted by Crippen LogP contribution is -2.19.